The fourth-order valence-electron chi connectivity index (χ4n) is 0.620. The Morgan fingerprint density at radius 3 is 1.82 bits per heavy atom. The van der Waals surface area contributed by atoms with E-state index in [0.717, 1.165) is 0 Å². The van der Waals surface area contributed by atoms with Gasteiger partial charge in [0, 0.05) is 25.7 Å². The first-order valence-corrected chi connectivity index (χ1v) is 3.17. The molecule has 0 aromatic carbocycles. The quantitative estimate of drug-likeness (QED) is 0.545. The third kappa shape index (κ3) is 11.4. The fraction of sp³-hybridized carbons (Fsp3) is 1.00. The van der Waals surface area contributed by atoms with Crippen LogP contribution in [-0.4, -0.2) is 72.9 Å². The van der Waals surface area contributed by atoms with Gasteiger partial charge in [0.15, 0.2) is 0 Å². The van der Waals surface area contributed by atoms with Crippen molar-refractivity contribution in [1.29, 1.82) is 0 Å². The maximum atomic E-state index is 8.51. The van der Waals surface area contributed by atoms with Crippen molar-refractivity contribution in [3.05, 3.63) is 0 Å². The molecule has 0 bridgehead atoms. The van der Waals surface area contributed by atoms with Gasteiger partial charge in [-0.05, 0) is 12.8 Å². The number of hydrogen-bond acceptors (Lipinski definition) is 3. The van der Waals surface area contributed by atoms with Crippen LogP contribution in [0.15, 0.2) is 0 Å². The summed E-state index contributed by atoms with van der Waals surface area (Å²) in [5.41, 5.74) is 0. The Balaban J connectivity index is -0.0000000533. The zero-order valence-electron chi connectivity index (χ0n) is 8.57. The van der Waals surface area contributed by atoms with Crippen molar-refractivity contribution in [1.82, 2.24) is 0 Å². The Hall–Kier alpha value is 1.43. The molecule has 5 heteroatoms. The second-order valence-corrected chi connectivity index (χ2v) is 2.10. The van der Waals surface area contributed by atoms with Gasteiger partial charge in [0.2, 0.25) is 0 Å². The molecule has 0 aromatic rings. The first-order chi connectivity index (χ1) is 4.35. The first-order valence-electron chi connectivity index (χ1n) is 3.17. The van der Waals surface area contributed by atoms with E-state index < -0.39 is 0 Å². The molecule has 0 aliphatic rings. The van der Waals surface area contributed by atoms with Crippen molar-refractivity contribution in [2.24, 2.45) is 5.92 Å². The largest absolute Gasteiger partial charge is 2.00 e. The van der Waals surface area contributed by atoms with Gasteiger partial charge < -0.3 is 18.2 Å². The molecule has 0 atom stereocenters. The molecular weight excluding hydrogens is 196 g/mol. The summed E-state index contributed by atoms with van der Waals surface area (Å²) in [7, 11) is 0. The van der Waals surface area contributed by atoms with E-state index in [4.69, 9.17) is 15.3 Å². The predicted molar refractivity (Wildman–Crippen MR) is 49.2 cm³/mol. The maximum absolute atomic E-state index is 8.51. The van der Waals surface area contributed by atoms with E-state index in [9.17, 15) is 0 Å². The van der Waals surface area contributed by atoms with Gasteiger partial charge >= 0.3 is 37.7 Å². The van der Waals surface area contributed by atoms with Crippen molar-refractivity contribution in [3.8, 4) is 0 Å². The summed E-state index contributed by atoms with van der Waals surface area (Å²) in [5, 5.41) is 25.4. The van der Waals surface area contributed by atoms with Crippen LogP contribution in [-0.2, 0) is 0 Å². The predicted octanol–water partition coefficient (Wildman–Crippen LogP) is -0.374. The summed E-state index contributed by atoms with van der Waals surface area (Å²) in [6.45, 7) is 0.156. The van der Waals surface area contributed by atoms with E-state index >= 15 is 0 Å². The van der Waals surface area contributed by atoms with E-state index in [1.165, 1.54) is 0 Å². The smallest absolute Gasteiger partial charge is 1.00 e. The van der Waals surface area contributed by atoms with Gasteiger partial charge in [-0.25, -0.2) is 0 Å². The van der Waals surface area contributed by atoms with Crippen LogP contribution in [0.3, 0.4) is 0 Å². The second-order valence-electron chi connectivity index (χ2n) is 2.10. The monoisotopic (exact) mass is 212 g/mol. The van der Waals surface area contributed by atoms with Gasteiger partial charge in [-0.3, -0.25) is 0 Å². The van der Waals surface area contributed by atoms with E-state index in [-0.39, 0.29) is 78.7 Å². The molecule has 3 nitrogen and oxygen atoms in total. The van der Waals surface area contributed by atoms with Gasteiger partial charge in [-0.1, -0.05) is 0 Å². The standard InChI is InChI=1S/C6H14O3.Ca.ClH.2H/c7-3-1-2-6(4-8)5-9;;;;/h6-9H,1-5H2;;1H;;/q;+2;;2*-1. The van der Waals surface area contributed by atoms with Crippen molar-refractivity contribution in [2.75, 3.05) is 19.8 Å². The summed E-state index contributed by atoms with van der Waals surface area (Å²) >= 11 is 0. The fourth-order valence-corrected chi connectivity index (χ4v) is 0.620. The van der Waals surface area contributed by atoms with Crippen LogP contribution >= 0.6 is 12.4 Å². The molecule has 0 rings (SSSR count). The number of aliphatic hydroxyl groups is 3. The van der Waals surface area contributed by atoms with Gasteiger partial charge in [-0.2, -0.15) is 0 Å². The Morgan fingerprint density at radius 2 is 1.55 bits per heavy atom. The molecule has 0 radical (unpaired) electrons. The van der Waals surface area contributed by atoms with Crippen LogP contribution in [0.1, 0.15) is 15.7 Å². The zero-order valence-corrected chi connectivity index (χ0v) is 9.59. The summed E-state index contributed by atoms with van der Waals surface area (Å²) in [6.07, 6.45) is 1.36. The Morgan fingerprint density at radius 1 is 1.09 bits per heavy atom. The minimum Gasteiger partial charge on any atom is -1.00 e. The molecule has 0 amide bonds. The Labute approximate surface area is 106 Å². The third-order valence-corrected chi connectivity index (χ3v) is 1.29. The maximum Gasteiger partial charge on any atom is 2.00 e. The molecule has 0 fully saturated rings. The molecular formula is C6H17CaClO3. The van der Waals surface area contributed by atoms with Crippen molar-refractivity contribution in [3.63, 3.8) is 0 Å². The number of rotatable bonds is 5. The molecule has 3 N–H and O–H groups in total. The normalized spacial score (nSPS) is 8.73. The molecule has 11 heavy (non-hydrogen) atoms. The van der Waals surface area contributed by atoms with Gasteiger partial charge in [0.05, 0.1) is 0 Å². The Bertz CT molecular complexity index is 69.8. The van der Waals surface area contributed by atoms with E-state index in [1.54, 1.807) is 0 Å². The van der Waals surface area contributed by atoms with Crippen molar-refractivity contribution in [2.45, 2.75) is 12.8 Å². The van der Waals surface area contributed by atoms with Crippen LogP contribution in [0.5, 0.6) is 0 Å². The van der Waals surface area contributed by atoms with Gasteiger partial charge in [0.1, 0.15) is 0 Å². The summed E-state index contributed by atoms with van der Waals surface area (Å²) < 4.78 is 0. The molecule has 68 valence electrons. The van der Waals surface area contributed by atoms with Crippen LogP contribution in [0, 0.1) is 5.92 Å². The van der Waals surface area contributed by atoms with Crippen LogP contribution < -0.4 is 0 Å². The second kappa shape index (κ2) is 14.0. The van der Waals surface area contributed by atoms with Gasteiger partial charge in [0.25, 0.3) is 0 Å². The molecule has 0 saturated heterocycles. The SMILES string of the molecule is Cl.OCCCC(CO)CO.[Ca+2].[H-].[H-]. The third-order valence-electron chi connectivity index (χ3n) is 1.29. The van der Waals surface area contributed by atoms with E-state index in [0.29, 0.717) is 12.8 Å². The molecule has 0 aromatic heterocycles. The summed E-state index contributed by atoms with van der Waals surface area (Å²) in [6, 6.07) is 0. The molecule has 0 spiro atoms. The van der Waals surface area contributed by atoms with Crippen molar-refractivity contribution >= 4 is 50.1 Å². The topological polar surface area (TPSA) is 60.7 Å². The minimum absolute atomic E-state index is 0. The summed E-state index contributed by atoms with van der Waals surface area (Å²) in [5.74, 6) is -0.0443. The van der Waals surface area contributed by atoms with Gasteiger partial charge in [-0.15, -0.1) is 12.4 Å². The minimum atomic E-state index is -0.0443. The molecule has 0 saturated carbocycles. The zero-order chi connectivity index (χ0) is 7.11. The molecule has 0 aliphatic carbocycles. The average molecular weight is 213 g/mol. The number of hydrogen-bond donors (Lipinski definition) is 3. The Kier molecular flexibility index (Phi) is 23.2. The first kappa shape index (κ1) is 18.3. The van der Waals surface area contributed by atoms with Crippen LogP contribution in [0.25, 0.3) is 0 Å². The number of halogens is 1. The summed E-state index contributed by atoms with van der Waals surface area (Å²) in [4.78, 5) is 0. The number of aliphatic hydroxyl groups excluding tert-OH is 3. The molecule has 0 unspecified atom stereocenters. The van der Waals surface area contributed by atoms with E-state index in [1.807, 2.05) is 0 Å². The van der Waals surface area contributed by atoms with Crippen LogP contribution in [0.4, 0.5) is 0 Å². The molecule has 0 aliphatic heterocycles. The molecule has 0 heterocycles. The van der Waals surface area contributed by atoms with Crippen molar-refractivity contribution < 1.29 is 18.2 Å². The average Bonchev–Trinajstić information content (AvgIpc) is 1.91. The van der Waals surface area contributed by atoms with Crippen LogP contribution in [0.2, 0.25) is 0 Å². The van der Waals surface area contributed by atoms with E-state index in [2.05, 4.69) is 0 Å².